The molecule has 2 amide bonds. The highest BCUT2D eigenvalue weighted by Gasteiger charge is 2.48. The van der Waals surface area contributed by atoms with E-state index in [9.17, 15) is 9.59 Å². The first-order valence-corrected chi connectivity index (χ1v) is 8.79. The molecule has 1 fully saturated rings. The van der Waals surface area contributed by atoms with Crippen LogP contribution in [0.4, 0.5) is 11.4 Å². The zero-order valence-electron chi connectivity index (χ0n) is 14.9. The Labute approximate surface area is 157 Å². The van der Waals surface area contributed by atoms with Crippen LogP contribution in [-0.4, -0.2) is 18.9 Å². The summed E-state index contributed by atoms with van der Waals surface area (Å²) in [6.07, 6.45) is 0.540. The molecule has 1 saturated carbocycles. The van der Waals surface area contributed by atoms with Gasteiger partial charge in [0.05, 0.1) is 24.6 Å². The lowest BCUT2D eigenvalue weighted by Gasteiger charge is -2.12. The van der Waals surface area contributed by atoms with Gasteiger partial charge in [0.2, 0.25) is 11.8 Å². The van der Waals surface area contributed by atoms with E-state index in [1.165, 1.54) is 7.11 Å². The SMILES string of the molecule is COc1cc(Cl)c(C)cc1NC(=O)C1CC1C(=O)Nc1ccc(C)cc1. The summed E-state index contributed by atoms with van der Waals surface area (Å²) < 4.78 is 5.27. The van der Waals surface area contributed by atoms with Gasteiger partial charge in [0.15, 0.2) is 0 Å². The number of nitrogens with one attached hydrogen (secondary N) is 2. The van der Waals surface area contributed by atoms with Gasteiger partial charge in [0.25, 0.3) is 0 Å². The fourth-order valence-electron chi connectivity index (χ4n) is 2.80. The molecule has 3 rings (SSSR count). The average Bonchev–Trinajstić information content (AvgIpc) is 3.41. The highest BCUT2D eigenvalue weighted by molar-refractivity contribution is 6.31. The average molecular weight is 373 g/mol. The summed E-state index contributed by atoms with van der Waals surface area (Å²) in [5.74, 6) is -0.463. The van der Waals surface area contributed by atoms with E-state index < -0.39 is 0 Å². The number of anilines is 2. The van der Waals surface area contributed by atoms with E-state index in [-0.39, 0.29) is 23.7 Å². The Morgan fingerprint density at radius 3 is 2.27 bits per heavy atom. The number of hydrogen-bond donors (Lipinski definition) is 2. The molecular formula is C20H21ClN2O3. The highest BCUT2D eigenvalue weighted by atomic mass is 35.5. The summed E-state index contributed by atoms with van der Waals surface area (Å²) in [5.41, 5.74) is 3.26. The molecule has 0 heterocycles. The van der Waals surface area contributed by atoms with Crippen LogP contribution in [0.3, 0.4) is 0 Å². The van der Waals surface area contributed by atoms with Crippen LogP contribution in [0.25, 0.3) is 0 Å². The summed E-state index contributed by atoms with van der Waals surface area (Å²) >= 11 is 6.08. The molecule has 0 spiro atoms. The smallest absolute Gasteiger partial charge is 0.228 e. The topological polar surface area (TPSA) is 67.4 Å². The van der Waals surface area contributed by atoms with E-state index in [1.807, 2.05) is 38.1 Å². The van der Waals surface area contributed by atoms with Gasteiger partial charge >= 0.3 is 0 Å². The Kier molecular flexibility index (Phi) is 5.18. The number of hydrogen-bond acceptors (Lipinski definition) is 3. The maximum Gasteiger partial charge on any atom is 0.228 e. The van der Waals surface area contributed by atoms with Crippen molar-refractivity contribution in [2.75, 3.05) is 17.7 Å². The monoisotopic (exact) mass is 372 g/mol. The third-order valence-corrected chi connectivity index (χ3v) is 4.93. The largest absolute Gasteiger partial charge is 0.495 e. The number of amides is 2. The third kappa shape index (κ3) is 3.99. The predicted octanol–water partition coefficient (Wildman–Crippen LogP) is 4.18. The Morgan fingerprint density at radius 2 is 1.65 bits per heavy atom. The minimum atomic E-state index is -0.332. The van der Waals surface area contributed by atoms with Crippen molar-refractivity contribution in [2.24, 2.45) is 11.8 Å². The van der Waals surface area contributed by atoms with Crippen molar-refractivity contribution in [1.82, 2.24) is 0 Å². The maximum absolute atomic E-state index is 12.5. The second-order valence-corrected chi connectivity index (χ2v) is 7.00. The third-order valence-electron chi connectivity index (χ3n) is 4.52. The van der Waals surface area contributed by atoms with Crippen molar-refractivity contribution in [1.29, 1.82) is 0 Å². The lowest BCUT2D eigenvalue weighted by Crippen LogP contribution is -2.20. The van der Waals surface area contributed by atoms with Crippen molar-refractivity contribution in [3.63, 3.8) is 0 Å². The molecule has 1 aliphatic rings. The number of carbonyl (C=O) groups is 2. The lowest BCUT2D eigenvalue weighted by atomic mass is 10.2. The van der Waals surface area contributed by atoms with Gasteiger partial charge in [-0.25, -0.2) is 0 Å². The van der Waals surface area contributed by atoms with Gasteiger partial charge in [-0.2, -0.15) is 0 Å². The molecule has 6 heteroatoms. The lowest BCUT2D eigenvalue weighted by molar-refractivity contribution is -0.122. The van der Waals surface area contributed by atoms with E-state index in [4.69, 9.17) is 16.3 Å². The number of rotatable bonds is 5. The first-order chi connectivity index (χ1) is 12.4. The van der Waals surface area contributed by atoms with Crippen molar-refractivity contribution >= 4 is 34.8 Å². The number of ether oxygens (including phenoxy) is 1. The fourth-order valence-corrected chi connectivity index (χ4v) is 2.96. The molecule has 0 bridgehead atoms. The van der Waals surface area contributed by atoms with Crippen LogP contribution in [0, 0.1) is 25.7 Å². The first-order valence-electron chi connectivity index (χ1n) is 8.41. The number of aryl methyl sites for hydroxylation is 2. The second kappa shape index (κ2) is 7.38. The van der Waals surface area contributed by atoms with E-state index in [1.54, 1.807) is 12.1 Å². The van der Waals surface area contributed by atoms with Crippen molar-refractivity contribution < 1.29 is 14.3 Å². The maximum atomic E-state index is 12.5. The van der Waals surface area contributed by atoms with Crippen LogP contribution in [0.1, 0.15) is 17.5 Å². The quantitative estimate of drug-likeness (QED) is 0.827. The van der Waals surface area contributed by atoms with Crippen LogP contribution >= 0.6 is 11.6 Å². The molecule has 26 heavy (non-hydrogen) atoms. The Bertz CT molecular complexity index is 849. The predicted molar refractivity (Wildman–Crippen MR) is 103 cm³/mol. The Balaban J connectivity index is 1.61. The number of halogens is 1. The summed E-state index contributed by atoms with van der Waals surface area (Å²) in [6.45, 7) is 3.84. The van der Waals surface area contributed by atoms with Gasteiger partial charge in [-0.3, -0.25) is 9.59 Å². The molecule has 2 aromatic carbocycles. The zero-order valence-corrected chi connectivity index (χ0v) is 15.7. The van der Waals surface area contributed by atoms with E-state index in [0.29, 0.717) is 22.9 Å². The van der Waals surface area contributed by atoms with Crippen molar-refractivity contribution in [3.8, 4) is 5.75 Å². The van der Waals surface area contributed by atoms with Gasteiger partial charge in [-0.05, 0) is 44.0 Å². The number of methoxy groups -OCH3 is 1. The molecule has 2 atom stereocenters. The van der Waals surface area contributed by atoms with Crippen LogP contribution in [0.2, 0.25) is 5.02 Å². The zero-order chi connectivity index (χ0) is 18.8. The molecule has 2 N–H and O–H groups in total. The summed E-state index contributed by atoms with van der Waals surface area (Å²) in [4.78, 5) is 24.8. The molecule has 2 unspecified atom stereocenters. The van der Waals surface area contributed by atoms with Crippen LogP contribution in [0.15, 0.2) is 36.4 Å². The summed E-state index contributed by atoms with van der Waals surface area (Å²) in [5, 5.41) is 6.27. The molecule has 2 aromatic rings. The highest BCUT2D eigenvalue weighted by Crippen LogP contribution is 2.41. The molecule has 0 aliphatic heterocycles. The fraction of sp³-hybridized carbons (Fsp3) is 0.300. The van der Waals surface area contributed by atoms with Gasteiger partial charge in [0.1, 0.15) is 5.75 Å². The van der Waals surface area contributed by atoms with E-state index in [0.717, 1.165) is 16.8 Å². The standard InChI is InChI=1S/C20H21ClN2O3/c1-11-4-6-13(7-5-11)22-19(24)14-9-15(14)20(25)23-17-8-12(2)16(21)10-18(17)26-3/h4-8,10,14-15H,9H2,1-3H3,(H,22,24)(H,23,25). The van der Waals surface area contributed by atoms with Gasteiger partial charge in [-0.1, -0.05) is 29.3 Å². The molecule has 1 aliphatic carbocycles. The van der Waals surface area contributed by atoms with Crippen molar-refractivity contribution in [2.45, 2.75) is 20.3 Å². The number of carbonyl (C=O) groups excluding carboxylic acids is 2. The normalized spacial score (nSPS) is 18.2. The Hall–Kier alpha value is -2.53. The van der Waals surface area contributed by atoms with Crippen LogP contribution < -0.4 is 15.4 Å². The van der Waals surface area contributed by atoms with Gasteiger partial charge < -0.3 is 15.4 Å². The van der Waals surface area contributed by atoms with Crippen molar-refractivity contribution in [3.05, 3.63) is 52.5 Å². The molecular weight excluding hydrogens is 352 g/mol. The first kappa shape index (κ1) is 18.3. The summed E-state index contributed by atoms with van der Waals surface area (Å²) in [6, 6.07) is 11.0. The minimum Gasteiger partial charge on any atom is -0.495 e. The number of benzene rings is 2. The molecule has 5 nitrogen and oxygen atoms in total. The second-order valence-electron chi connectivity index (χ2n) is 6.59. The van der Waals surface area contributed by atoms with E-state index >= 15 is 0 Å². The molecule has 136 valence electrons. The van der Waals surface area contributed by atoms with E-state index in [2.05, 4.69) is 10.6 Å². The molecule has 0 saturated heterocycles. The molecule has 0 radical (unpaired) electrons. The summed E-state index contributed by atoms with van der Waals surface area (Å²) in [7, 11) is 1.52. The molecule has 0 aromatic heterocycles. The minimum absolute atomic E-state index is 0.131. The van der Waals surface area contributed by atoms with Gasteiger partial charge in [-0.15, -0.1) is 0 Å². The Morgan fingerprint density at radius 1 is 1.04 bits per heavy atom. The van der Waals surface area contributed by atoms with Gasteiger partial charge in [0, 0.05) is 16.8 Å². The van der Waals surface area contributed by atoms with Crippen LogP contribution in [0.5, 0.6) is 5.75 Å². The van der Waals surface area contributed by atoms with Crippen LogP contribution in [-0.2, 0) is 9.59 Å².